The van der Waals surface area contributed by atoms with Gasteiger partial charge in [-0.05, 0) is 60.6 Å². The Balaban J connectivity index is 1.55. The number of amides is 1. The maximum Gasteiger partial charge on any atom is 0.243 e. The summed E-state index contributed by atoms with van der Waals surface area (Å²) in [7, 11) is 0. The number of anilines is 3. The Morgan fingerprint density at radius 3 is 2.30 bits per heavy atom. The molecule has 0 atom stereocenters. The molecule has 0 spiro atoms. The number of benzene rings is 2. The van der Waals surface area contributed by atoms with Crippen LogP contribution < -0.4 is 15.5 Å². The first-order valence-electron chi connectivity index (χ1n) is 9.92. The molecule has 4 heteroatoms. The smallest absolute Gasteiger partial charge is 0.243 e. The average Bonchev–Trinajstić information content (AvgIpc) is 2.67. The van der Waals surface area contributed by atoms with Gasteiger partial charge in [0.05, 0.1) is 6.54 Å². The van der Waals surface area contributed by atoms with Crippen LogP contribution in [0.1, 0.15) is 45.6 Å². The van der Waals surface area contributed by atoms with Crippen molar-refractivity contribution in [3.05, 3.63) is 54.1 Å². The molecule has 1 aliphatic rings. The van der Waals surface area contributed by atoms with Crippen LogP contribution in [0.4, 0.5) is 17.1 Å². The van der Waals surface area contributed by atoms with Gasteiger partial charge in [-0.2, -0.15) is 0 Å². The molecule has 1 heterocycles. The summed E-state index contributed by atoms with van der Waals surface area (Å²) in [6.45, 7) is 8.99. The van der Waals surface area contributed by atoms with Gasteiger partial charge in [-0.3, -0.25) is 4.79 Å². The van der Waals surface area contributed by atoms with Crippen molar-refractivity contribution >= 4 is 23.0 Å². The van der Waals surface area contributed by atoms with Gasteiger partial charge in [-0.25, -0.2) is 0 Å². The summed E-state index contributed by atoms with van der Waals surface area (Å²) in [5, 5.41) is 6.26. The minimum atomic E-state index is -0.0354. The van der Waals surface area contributed by atoms with E-state index in [9.17, 15) is 4.79 Å². The van der Waals surface area contributed by atoms with Crippen molar-refractivity contribution in [2.75, 3.05) is 35.2 Å². The Bertz CT molecular complexity index is 756. The Morgan fingerprint density at radius 1 is 0.963 bits per heavy atom. The van der Waals surface area contributed by atoms with Crippen LogP contribution in [0.2, 0.25) is 0 Å². The predicted molar refractivity (Wildman–Crippen MR) is 115 cm³/mol. The van der Waals surface area contributed by atoms with E-state index >= 15 is 0 Å². The van der Waals surface area contributed by atoms with Gasteiger partial charge >= 0.3 is 0 Å². The lowest BCUT2D eigenvalue weighted by atomic mass is 9.86. The van der Waals surface area contributed by atoms with E-state index in [1.54, 1.807) is 0 Å². The molecular formula is C23H31N3O. The number of rotatable bonds is 5. The molecule has 0 bridgehead atoms. The van der Waals surface area contributed by atoms with Crippen LogP contribution in [0.3, 0.4) is 0 Å². The van der Waals surface area contributed by atoms with Crippen LogP contribution in [0, 0.1) is 0 Å². The Morgan fingerprint density at radius 2 is 1.63 bits per heavy atom. The van der Waals surface area contributed by atoms with E-state index in [2.05, 4.69) is 66.6 Å². The van der Waals surface area contributed by atoms with Crippen molar-refractivity contribution in [1.29, 1.82) is 0 Å². The normalized spacial score (nSPS) is 14.7. The topological polar surface area (TPSA) is 44.4 Å². The van der Waals surface area contributed by atoms with Crippen LogP contribution in [-0.4, -0.2) is 25.5 Å². The fourth-order valence-corrected chi connectivity index (χ4v) is 3.57. The Labute approximate surface area is 163 Å². The van der Waals surface area contributed by atoms with E-state index in [0.29, 0.717) is 0 Å². The molecule has 1 aliphatic heterocycles. The van der Waals surface area contributed by atoms with E-state index in [1.807, 2.05) is 18.2 Å². The summed E-state index contributed by atoms with van der Waals surface area (Å²) in [4.78, 5) is 14.8. The van der Waals surface area contributed by atoms with Gasteiger partial charge in [-0.15, -0.1) is 0 Å². The third-order valence-electron chi connectivity index (χ3n) is 5.05. The highest BCUT2D eigenvalue weighted by Gasteiger charge is 2.18. The molecule has 2 N–H and O–H groups in total. The molecule has 1 fully saturated rings. The third kappa shape index (κ3) is 5.25. The predicted octanol–water partition coefficient (Wildman–Crippen LogP) is 5.03. The highest BCUT2D eigenvalue weighted by Crippen LogP contribution is 2.29. The van der Waals surface area contributed by atoms with Crippen LogP contribution in [-0.2, 0) is 10.2 Å². The van der Waals surface area contributed by atoms with E-state index in [0.717, 1.165) is 30.0 Å². The molecule has 1 saturated heterocycles. The van der Waals surface area contributed by atoms with Gasteiger partial charge in [0, 0.05) is 30.2 Å². The Hall–Kier alpha value is -2.49. The van der Waals surface area contributed by atoms with Gasteiger partial charge in [0.15, 0.2) is 0 Å². The summed E-state index contributed by atoms with van der Waals surface area (Å²) in [5.41, 5.74) is 4.25. The van der Waals surface area contributed by atoms with Crippen molar-refractivity contribution in [1.82, 2.24) is 0 Å². The molecule has 0 aromatic heterocycles. The van der Waals surface area contributed by atoms with E-state index in [1.165, 1.54) is 24.9 Å². The number of hydrogen-bond donors (Lipinski definition) is 2. The SMILES string of the molecule is CC(C)(C)c1ccccc1NC(=O)CNc1ccc(N2CCCCC2)cc1. The van der Waals surface area contributed by atoms with Crippen LogP contribution in [0.15, 0.2) is 48.5 Å². The first kappa shape index (κ1) is 19.3. The van der Waals surface area contributed by atoms with Gasteiger partial charge in [0.2, 0.25) is 5.91 Å². The minimum absolute atomic E-state index is 0.0123. The van der Waals surface area contributed by atoms with E-state index in [-0.39, 0.29) is 17.9 Å². The molecule has 27 heavy (non-hydrogen) atoms. The maximum atomic E-state index is 12.4. The van der Waals surface area contributed by atoms with Crippen LogP contribution in [0.5, 0.6) is 0 Å². The van der Waals surface area contributed by atoms with Gasteiger partial charge < -0.3 is 15.5 Å². The zero-order valence-corrected chi connectivity index (χ0v) is 16.7. The largest absolute Gasteiger partial charge is 0.376 e. The highest BCUT2D eigenvalue weighted by molar-refractivity contribution is 5.94. The number of piperidine rings is 1. The number of carbonyl (C=O) groups is 1. The standard InChI is InChI=1S/C23H31N3O/c1-23(2,3)20-9-5-6-10-21(20)25-22(27)17-24-18-11-13-19(14-12-18)26-15-7-4-8-16-26/h5-6,9-14,24H,4,7-8,15-17H2,1-3H3,(H,25,27). The van der Waals surface area contributed by atoms with Crippen molar-refractivity contribution < 1.29 is 4.79 Å². The summed E-state index contributed by atoms with van der Waals surface area (Å²) >= 11 is 0. The summed E-state index contributed by atoms with van der Waals surface area (Å²) in [6, 6.07) is 16.4. The summed E-state index contributed by atoms with van der Waals surface area (Å²) < 4.78 is 0. The molecule has 2 aromatic rings. The lowest BCUT2D eigenvalue weighted by Crippen LogP contribution is -2.29. The monoisotopic (exact) mass is 365 g/mol. The molecule has 0 saturated carbocycles. The van der Waals surface area contributed by atoms with E-state index < -0.39 is 0 Å². The number of para-hydroxylation sites is 1. The zero-order chi connectivity index (χ0) is 19.3. The van der Waals surface area contributed by atoms with Crippen LogP contribution >= 0.6 is 0 Å². The minimum Gasteiger partial charge on any atom is -0.376 e. The molecule has 2 aromatic carbocycles. The second-order valence-electron chi connectivity index (χ2n) is 8.29. The summed E-state index contributed by atoms with van der Waals surface area (Å²) in [5.74, 6) is -0.0354. The molecular weight excluding hydrogens is 334 g/mol. The summed E-state index contributed by atoms with van der Waals surface area (Å²) in [6.07, 6.45) is 3.88. The number of nitrogens with zero attached hydrogens (tertiary/aromatic N) is 1. The maximum absolute atomic E-state index is 12.4. The van der Waals surface area contributed by atoms with Gasteiger partial charge in [0.25, 0.3) is 0 Å². The number of nitrogens with one attached hydrogen (secondary N) is 2. The fraction of sp³-hybridized carbons (Fsp3) is 0.435. The van der Waals surface area contributed by atoms with Crippen molar-refractivity contribution in [3.63, 3.8) is 0 Å². The molecule has 144 valence electrons. The lowest BCUT2D eigenvalue weighted by Gasteiger charge is -2.28. The second-order valence-corrected chi connectivity index (χ2v) is 8.29. The van der Waals surface area contributed by atoms with Crippen molar-refractivity contribution in [2.24, 2.45) is 0 Å². The van der Waals surface area contributed by atoms with Gasteiger partial charge in [-0.1, -0.05) is 39.0 Å². The van der Waals surface area contributed by atoms with Crippen LogP contribution in [0.25, 0.3) is 0 Å². The molecule has 3 rings (SSSR count). The zero-order valence-electron chi connectivity index (χ0n) is 16.7. The molecule has 0 aliphatic carbocycles. The number of carbonyl (C=O) groups excluding carboxylic acids is 1. The molecule has 0 unspecified atom stereocenters. The first-order valence-corrected chi connectivity index (χ1v) is 9.92. The molecule has 4 nitrogen and oxygen atoms in total. The average molecular weight is 366 g/mol. The second kappa shape index (κ2) is 8.47. The fourth-order valence-electron chi connectivity index (χ4n) is 3.57. The van der Waals surface area contributed by atoms with Crippen molar-refractivity contribution in [3.8, 4) is 0 Å². The highest BCUT2D eigenvalue weighted by atomic mass is 16.1. The Kier molecular flexibility index (Phi) is 6.04. The lowest BCUT2D eigenvalue weighted by molar-refractivity contribution is -0.114. The quantitative estimate of drug-likeness (QED) is 0.781. The first-order chi connectivity index (χ1) is 12.9. The van der Waals surface area contributed by atoms with Crippen molar-refractivity contribution in [2.45, 2.75) is 45.4 Å². The van der Waals surface area contributed by atoms with Gasteiger partial charge in [0.1, 0.15) is 0 Å². The van der Waals surface area contributed by atoms with E-state index in [4.69, 9.17) is 0 Å². The number of hydrogen-bond acceptors (Lipinski definition) is 3. The molecule has 0 radical (unpaired) electrons. The molecule has 1 amide bonds. The third-order valence-corrected chi connectivity index (χ3v) is 5.05.